The van der Waals surface area contributed by atoms with Crippen LogP contribution in [0.5, 0.6) is 5.75 Å². The monoisotopic (exact) mass is 341 g/mol. The van der Waals surface area contributed by atoms with E-state index in [2.05, 4.69) is 15.5 Å². The van der Waals surface area contributed by atoms with Crippen molar-refractivity contribution in [3.05, 3.63) is 76.5 Å². The molecular weight excluding hydrogens is 325 g/mol. The van der Waals surface area contributed by atoms with Crippen LogP contribution in [0.4, 0.5) is 9.52 Å². The van der Waals surface area contributed by atoms with Crippen molar-refractivity contribution in [1.82, 2.24) is 4.98 Å². The number of hydrogen-bond donors (Lipinski definition) is 1. The van der Waals surface area contributed by atoms with E-state index in [1.807, 2.05) is 36.6 Å². The second-order valence-electron chi connectivity index (χ2n) is 5.15. The van der Waals surface area contributed by atoms with Gasteiger partial charge in [0.15, 0.2) is 0 Å². The van der Waals surface area contributed by atoms with Crippen LogP contribution in [0.1, 0.15) is 16.8 Å². The van der Waals surface area contributed by atoms with E-state index in [1.54, 1.807) is 18.3 Å². The van der Waals surface area contributed by atoms with E-state index in [1.165, 1.54) is 23.5 Å². The Morgan fingerprint density at radius 3 is 2.83 bits per heavy atom. The third-order valence-corrected chi connectivity index (χ3v) is 4.03. The molecule has 0 aliphatic heterocycles. The van der Waals surface area contributed by atoms with Crippen LogP contribution in [-0.4, -0.2) is 11.2 Å². The van der Waals surface area contributed by atoms with Crippen LogP contribution < -0.4 is 10.2 Å². The second kappa shape index (κ2) is 7.70. The highest BCUT2D eigenvalue weighted by Gasteiger charge is 1.99. The van der Waals surface area contributed by atoms with E-state index in [-0.39, 0.29) is 5.82 Å². The first-order valence-electron chi connectivity index (χ1n) is 7.37. The van der Waals surface area contributed by atoms with Gasteiger partial charge >= 0.3 is 0 Å². The summed E-state index contributed by atoms with van der Waals surface area (Å²) in [5.41, 5.74) is 5.84. The fraction of sp³-hybridized carbons (Fsp3) is 0.111. The first-order chi connectivity index (χ1) is 11.7. The number of hydrogen-bond acceptors (Lipinski definition) is 5. The average Bonchev–Trinajstić information content (AvgIpc) is 3.00. The molecule has 0 radical (unpaired) electrons. The Morgan fingerprint density at radius 1 is 1.25 bits per heavy atom. The Hall–Kier alpha value is -2.73. The Kier molecular flexibility index (Phi) is 5.18. The summed E-state index contributed by atoms with van der Waals surface area (Å²) >= 11 is 1.51. The minimum absolute atomic E-state index is 0.275. The minimum Gasteiger partial charge on any atom is -0.489 e. The summed E-state index contributed by atoms with van der Waals surface area (Å²) in [6.07, 6.45) is 1.73. The molecule has 0 unspecified atom stereocenters. The molecule has 6 heteroatoms. The number of nitrogens with zero attached hydrogens (tertiary/aromatic N) is 2. The predicted octanol–water partition coefficient (Wildman–Crippen LogP) is 4.62. The number of anilines is 1. The van der Waals surface area contributed by atoms with E-state index in [0.717, 1.165) is 22.0 Å². The summed E-state index contributed by atoms with van der Waals surface area (Å²) < 4.78 is 18.5. The maximum absolute atomic E-state index is 12.9. The highest BCUT2D eigenvalue weighted by atomic mass is 32.1. The molecule has 0 saturated carbocycles. The van der Waals surface area contributed by atoms with Crippen molar-refractivity contribution in [3.8, 4) is 5.75 Å². The normalized spacial score (nSPS) is 10.9. The zero-order valence-electron chi connectivity index (χ0n) is 13.1. The van der Waals surface area contributed by atoms with Crippen LogP contribution in [0.3, 0.4) is 0 Å². The van der Waals surface area contributed by atoms with Gasteiger partial charge in [-0.25, -0.2) is 9.37 Å². The van der Waals surface area contributed by atoms with Crippen molar-refractivity contribution < 1.29 is 9.13 Å². The summed E-state index contributed by atoms with van der Waals surface area (Å²) in [7, 11) is 0. The van der Waals surface area contributed by atoms with Crippen molar-refractivity contribution in [1.29, 1.82) is 0 Å². The summed E-state index contributed by atoms with van der Waals surface area (Å²) in [6, 6.07) is 13.8. The molecule has 0 fully saturated rings. The Labute approximate surface area is 143 Å². The second-order valence-corrected chi connectivity index (χ2v) is 6.01. The SMILES string of the molecule is Cc1csc(NN=Cc2cccc(COc3ccc(F)cc3)c2)n1. The molecule has 1 N–H and O–H groups in total. The number of nitrogens with one attached hydrogen (secondary N) is 1. The first-order valence-corrected chi connectivity index (χ1v) is 8.25. The number of benzene rings is 2. The lowest BCUT2D eigenvalue weighted by Gasteiger charge is -2.06. The van der Waals surface area contributed by atoms with Crippen LogP contribution in [0, 0.1) is 12.7 Å². The maximum atomic E-state index is 12.9. The lowest BCUT2D eigenvalue weighted by molar-refractivity contribution is 0.305. The van der Waals surface area contributed by atoms with Gasteiger partial charge in [-0.3, -0.25) is 5.43 Å². The number of hydrazone groups is 1. The predicted molar refractivity (Wildman–Crippen MR) is 95.2 cm³/mol. The number of aryl methyl sites for hydroxylation is 1. The molecule has 0 atom stereocenters. The average molecular weight is 341 g/mol. The van der Waals surface area contributed by atoms with Gasteiger partial charge in [-0.1, -0.05) is 18.2 Å². The summed E-state index contributed by atoms with van der Waals surface area (Å²) in [5, 5.41) is 6.91. The highest BCUT2D eigenvalue weighted by Crippen LogP contribution is 2.15. The fourth-order valence-corrected chi connectivity index (χ4v) is 2.67. The molecule has 0 aliphatic carbocycles. The van der Waals surface area contributed by atoms with E-state index < -0.39 is 0 Å². The minimum atomic E-state index is -0.275. The van der Waals surface area contributed by atoms with E-state index in [0.29, 0.717) is 12.4 Å². The quantitative estimate of drug-likeness (QED) is 0.526. The molecule has 24 heavy (non-hydrogen) atoms. The lowest BCUT2D eigenvalue weighted by atomic mass is 10.1. The molecule has 1 heterocycles. The molecule has 2 aromatic carbocycles. The summed E-state index contributed by atoms with van der Waals surface area (Å²) in [5.74, 6) is 0.361. The Balaban J connectivity index is 1.58. The van der Waals surface area contributed by atoms with E-state index in [9.17, 15) is 4.39 Å². The molecule has 0 saturated heterocycles. The van der Waals surface area contributed by atoms with Gasteiger partial charge in [-0.2, -0.15) is 5.10 Å². The van der Waals surface area contributed by atoms with Crippen molar-refractivity contribution in [2.45, 2.75) is 13.5 Å². The summed E-state index contributed by atoms with van der Waals surface area (Å²) in [4.78, 5) is 4.28. The molecule has 4 nitrogen and oxygen atoms in total. The third kappa shape index (κ3) is 4.63. The van der Waals surface area contributed by atoms with Gasteiger partial charge in [0.2, 0.25) is 5.13 Å². The number of thiazole rings is 1. The molecule has 122 valence electrons. The van der Waals surface area contributed by atoms with Crippen LogP contribution in [-0.2, 0) is 6.61 Å². The van der Waals surface area contributed by atoms with Gasteiger partial charge in [-0.05, 0) is 48.4 Å². The van der Waals surface area contributed by atoms with Gasteiger partial charge < -0.3 is 4.74 Å². The number of halogens is 1. The lowest BCUT2D eigenvalue weighted by Crippen LogP contribution is -1.97. The highest BCUT2D eigenvalue weighted by molar-refractivity contribution is 7.13. The van der Waals surface area contributed by atoms with Gasteiger partial charge in [0.05, 0.1) is 11.9 Å². The smallest absolute Gasteiger partial charge is 0.203 e. The Morgan fingerprint density at radius 2 is 2.08 bits per heavy atom. The van der Waals surface area contributed by atoms with Crippen molar-refractivity contribution in [2.24, 2.45) is 5.10 Å². The van der Waals surface area contributed by atoms with Crippen molar-refractivity contribution >= 4 is 22.7 Å². The van der Waals surface area contributed by atoms with E-state index >= 15 is 0 Å². The largest absolute Gasteiger partial charge is 0.489 e. The molecule has 0 spiro atoms. The molecule has 0 bridgehead atoms. The first kappa shape index (κ1) is 16.1. The van der Waals surface area contributed by atoms with Crippen molar-refractivity contribution in [2.75, 3.05) is 5.43 Å². The number of ether oxygens (including phenoxy) is 1. The van der Waals surface area contributed by atoms with E-state index in [4.69, 9.17) is 4.74 Å². The maximum Gasteiger partial charge on any atom is 0.203 e. The number of rotatable bonds is 6. The van der Waals surface area contributed by atoms with Crippen LogP contribution in [0.25, 0.3) is 0 Å². The summed E-state index contributed by atoms with van der Waals surface area (Å²) in [6.45, 7) is 2.35. The van der Waals surface area contributed by atoms with Crippen LogP contribution in [0.2, 0.25) is 0 Å². The van der Waals surface area contributed by atoms with Crippen molar-refractivity contribution in [3.63, 3.8) is 0 Å². The standard InChI is InChI=1S/C18H16FN3OS/c1-13-12-24-18(21-13)22-20-10-14-3-2-4-15(9-14)11-23-17-7-5-16(19)6-8-17/h2-10,12H,11H2,1H3,(H,21,22). The van der Waals surface area contributed by atoms with Gasteiger partial charge in [0.25, 0.3) is 0 Å². The third-order valence-electron chi connectivity index (χ3n) is 3.16. The topological polar surface area (TPSA) is 46.5 Å². The zero-order valence-corrected chi connectivity index (χ0v) is 13.9. The van der Waals surface area contributed by atoms with Crippen LogP contribution >= 0.6 is 11.3 Å². The Bertz CT molecular complexity index is 830. The molecular formula is C18H16FN3OS. The zero-order chi connectivity index (χ0) is 16.8. The molecule has 1 aromatic heterocycles. The fourth-order valence-electron chi connectivity index (χ4n) is 2.03. The van der Waals surface area contributed by atoms with Crippen LogP contribution in [0.15, 0.2) is 59.0 Å². The molecule has 3 aromatic rings. The van der Waals surface area contributed by atoms with Gasteiger partial charge in [0, 0.05) is 5.38 Å². The van der Waals surface area contributed by atoms with Gasteiger partial charge in [-0.15, -0.1) is 11.3 Å². The van der Waals surface area contributed by atoms with Gasteiger partial charge in [0.1, 0.15) is 18.2 Å². The molecule has 0 aliphatic rings. The number of aromatic nitrogens is 1. The molecule has 0 amide bonds. The molecule has 3 rings (SSSR count).